The van der Waals surface area contributed by atoms with Crippen LogP contribution in [0, 0.1) is 0 Å². The second kappa shape index (κ2) is 8.11. The van der Waals surface area contributed by atoms with Crippen LogP contribution in [0.5, 0.6) is 0 Å². The summed E-state index contributed by atoms with van der Waals surface area (Å²) in [5.74, 6) is 0.477. The Morgan fingerprint density at radius 3 is 2.61 bits per heavy atom. The van der Waals surface area contributed by atoms with Crippen LogP contribution in [0.4, 0.5) is 0 Å². The summed E-state index contributed by atoms with van der Waals surface area (Å²) in [4.78, 5) is 12.4. The van der Waals surface area contributed by atoms with Gasteiger partial charge in [-0.05, 0) is 25.0 Å². The molecule has 0 radical (unpaired) electrons. The molecule has 2 aromatic heterocycles. The van der Waals surface area contributed by atoms with Crippen LogP contribution >= 0.6 is 0 Å². The number of hydrogen-bond donors (Lipinski definition) is 1. The molecule has 2 fully saturated rings. The first-order valence-electron chi connectivity index (χ1n) is 9.50. The van der Waals surface area contributed by atoms with Gasteiger partial charge in [-0.3, -0.25) is 4.79 Å². The van der Waals surface area contributed by atoms with E-state index in [2.05, 4.69) is 14.9 Å². The quantitative estimate of drug-likeness (QED) is 0.750. The molecule has 152 valence electrons. The zero-order valence-corrected chi connectivity index (χ0v) is 16.3. The molecule has 1 N–H and O–H groups in total. The standard InChI is InChI=1S/C17H24N6O4S/c24-17-7-6-16(22-11-5-8-18-22)19-23(17)15-13-27-12-14(15)20-28(25,26)21-9-3-1-2-4-10-21/h5-8,11,14-15,20H,1-4,9-10,12-13H2. The van der Waals surface area contributed by atoms with Crippen LogP contribution in [0.2, 0.25) is 0 Å². The highest BCUT2D eigenvalue weighted by molar-refractivity contribution is 7.87. The smallest absolute Gasteiger partial charge is 0.279 e. The Bertz CT molecular complexity index is 950. The second-order valence-corrected chi connectivity index (χ2v) is 8.77. The summed E-state index contributed by atoms with van der Waals surface area (Å²) in [6.45, 7) is 1.43. The highest BCUT2D eigenvalue weighted by Gasteiger charge is 2.36. The van der Waals surface area contributed by atoms with Gasteiger partial charge in [0.05, 0.1) is 25.3 Å². The van der Waals surface area contributed by atoms with Gasteiger partial charge in [-0.1, -0.05) is 12.8 Å². The molecule has 10 nitrogen and oxygen atoms in total. The minimum atomic E-state index is -3.65. The van der Waals surface area contributed by atoms with Crippen LogP contribution in [0.25, 0.3) is 5.82 Å². The van der Waals surface area contributed by atoms with Gasteiger partial charge in [0.2, 0.25) is 0 Å². The predicted octanol–water partition coefficient (Wildman–Crippen LogP) is 0.0793. The SMILES string of the molecule is O=c1ccc(-n2cccn2)nn1C1COCC1NS(=O)(=O)N1CCCCCC1. The molecule has 0 saturated carbocycles. The zero-order valence-electron chi connectivity index (χ0n) is 15.5. The monoisotopic (exact) mass is 408 g/mol. The molecule has 0 amide bonds. The molecule has 4 rings (SSSR count). The molecule has 4 heterocycles. The fraction of sp³-hybridized carbons (Fsp3) is 0.588. The molecule has 2 aliphatic heterocycles. The lowest BCUT2D eigenvalue weighted by Gasteiger charge is -2.25. The van der Waals surface area contributed by atoms with E-state index in [-0.39, 0.29) is 18.8 Å². The number of aromatic nitrogens is 4. The van der Waals surface area contributed by atoms with E-state index in [0.717, 1.165) is 25.7 Å². The highest BCUT2D eigenvalue weighted by Crippen LogP contribution is 2.20. The van der Waals surface area contributed by atoms with E-state index in [1.54, 1.807) is 29.2 Å². The Morgan fingerprint density at radius 1 is 1.11 bits per heavy atom. The first-order valence-corrected chi connectivity index (χ1v) is 10.9. The molecule has 2 saturated heterocycles. The van der Waals surface area contributed by atoms with Gasteiger partial charge < -0.3 is 4.74 Å². The maximum absolute atomic E-state index is 12.8. The number of ether oxygens (including phenoxy) is 1. The van der Waals surface area contributed by atoms with Crippen molar-refractivity contribution in [3.8, 4) is 5.82 Å². The van der Waals surface area contributed by atoms with E-state index < -0.39 is 22.3 Å². The van der Waals surface area contributed by atoms with Crippen LogP contribution in [0.3, 0.4) is 0 Å². The molecule has 0 bridgehead atoms. The third-order valence-electron chi connectivity index (χ3n) is 5.12. The van der Waals surface area contributed by atoms with Crippen molar-refractivity contribution >= 4 is 10.2 Å². The van der Waals surface area contributed by atoms with Crippen LogP contribution in [0.1, 0.15) is 31.7 Å². The lowest BCUT2D eigenvalue weighted by molar-refractivity contribution is 0.181. The van der Waals surface area contributed by atoms with E-state index in [9.17, 15) is 13.2 Å². The average Bonchev–Trinajstić information content (AvgIpc) is 3.28. The third kappa shape index (κ3) is 4.02. The van der Waals surface area contributed by atoms with Crippen molar-refractivity contribution < 1.29 is 13.2 Å². The first-order chi connectivity index (χ1) is 13.5. The van der Waals surface area contributed by atoms with E-state index in [1.165, 1.54) is 15.1 Å². The number of hydrogen-bond acceptors (Lipinski definition) is 6. The fourth-order valence-electron chi connectivity index (χ4n) is 3.62. The Kier molecular flexibility index (Phi) is 5.58. The zero-order chi connectivity index (χ0) is 19.6. The van der Waals surface area contributed by atoms with Crippen molar-refractivity contribution in [2.75, 3.05) is 26.3 Å². The van der Waals surface area contributed by atoms with Crippen molar-refractivity contribution in [2.24, 2.45) is 0 Å². The minimum absolute atomic E-state index is 0.192. The molecule has 0 aliphatic carbocycles. The van der Waals surface area contributed by atoms with E-state index >= 15 is 0 Å². The van der Waals surface area contributed by atoms with Gasteiger partial charge in [-0.15, -0.1) is 5.10 Å². The van der Waals surface area contributed by atoms with E-state index in [0.29, 0.717) is 18.9 Å². The highest BCUT2D eigenvalue weighted by atomic mass is 32.2. The van der Waals surface area contributed by atoms with Gasteiger partial charge >= 0.3 is 0 Å². The molecule has 2 aromatic rings. The number of nitrogens with one attached hydrogen (secondary N) is 1. The molecular formula is C17H24N6O4S. The second-order valence-electron chi connectivity index (χ2n) is 7.07. The van der Waals surface area contributed by atoms with Crippen molar-refractivity contribution in [3.05, 3.63) is 40.9 Å². The van der Waals surface area contributed by atoms with E-state index in [1.807, 2.05) is 0 Å². The van der Waals surface area contributed by atoms with Crippen molar-refractivity contribution in [2.45, 2.75) is 37.8 Å². The molecule has 2 atom stereocenters. The third-order valence-corrected chi connectivity index (χ3v) is 6.77. The first kappa shape index (κ1) is 19.2. The fourth-order valence-corrected chi connectivity index (χ4v) is 5.12. The van der Waals surface area contributed by atoms with Crippen molar-refractivity contribution in [3.63, 3.8) is 0 Å². The molecule has 2 unspecified atom stereocenters. The molecule has 0 aromatic carbocycles. The summed E-state index contributed by atoms with van der Waals surface area (Å²) in [5, 5.41) is 8.50. The average molecular weight is 408 g/mol. The number of nitrogens with zero attached hydrogens (tertiary/aromatic N) is 5. The van der Waals surface area contributed by atoms with Crippen LogP contribution in [-0.4, -0.2) is 64.6 Å². The lowest BCUT2D eigenvalue weighted by atomic mass is 10.2. The van der Waals surface area contributed by atoms with Crippen LogP contribution in [0.15, 0.2) is 35.4 Å². The summed E-state index contributed by atoms with van der Waals surface area (Å²) in [6.07, 6.45) is 7.15. The molecule has 11 heteroatoms. The minimum Gasteiger partial charge on any atom is -0.377 e. The maximum Gasteiger partial charge on any atom is 0.279 e. The Balaban J connectivity index is 1.57. The summed E-state index contributed by atoms with van der Waals surface area (Å²) < 4.78 is 38.3. The lowest BCUT2D eigenvalue weighted by Crippen LogP contribution is -2.49. The summed E-state index contributed by atoms with van der Waals surface area (Å²) in [5.41, 5.74) is -0.314. The Hall–Kier alpha value is -2.08. The van der Waals surface area contributed by atoms with Crippen LogP contribution < -0.4 is 10.3 Å². The van der Waals surface area contributed by atoms with Gasteiger partial charge in [-0.25, -0.2) is 9.36 Å². The topological polar surface area (TPSA) is 111 Å². The number of rotatable bonds is 5. The van der Waals surface area contributed by atoms with Gasteiger partial charge in [-0.2, -0.15) is 22.5 Å². The van der Waals surface area contributed by atoms with Gasteiger partial charge in [0.1, 0.15) is 0 Å². The Morgan fingerprint density at radius 2 is 1.89 bits per heavy atom. The van der Waals surface area contributed by atoms with Crippen molar-refractivity contribution in [1.82, 2.24) is 28.6 Å². The van der Waals surface area contributed by atoms with Gasteiger partial charge in [0.25, 0.3) is 15.8 Å². The summed E-state index contributed by atoms with van der Waals surface area (Å²) in [7, 11) is -3.65. The maximum atomic E-state index is 12.8. The molecule has 28 heavy (non-hydrogen) atoms. The van der Waals surface area contributed by atoms with E-state index in [4.69, 9.17) is 4.74 Å². The predicted molar refractivity (Wildman–Crippen MR) is 101 cm³/mol. The van der Waals surface area contributed by atoms with Gasteiger partial charge in [0.15, 0.2) is 5.82 Å². The Labute approximate surface area is 163 Å². The molecule has 0 spiro atoms. The largest absolute Gasteiger partial charge is 0.377 e. The van der Waals surface area contributed by atoms with Crippen molar-refractivity contribution in [1.29, 1.82) is 0 Å². The summed E-state index contributed by atoms with van der Waals surface area (Å²) in [6, 6.07) is 3.66. The van der Waals surface area contributed by atoms with Crippen LogP contribution in [-0.2, 0) is 14.9 Å². The molecular weight excluding hydrogens is 384 g/mol. The van der Waals surface area contributed by atoms with Gasteiger partial charge in [0, 0.05) is 31.5 Å². The molecule has 2 aliphatic rings. The normalized spacial score (nSPS) is 24.3. The summed E-state index contributed by atoms with van der Waals surface area (Å²) >= 11 is 0.